The Morgan fingerprint density at radius 3 is 2.95 bits per heavy atom. The average Bonchev–Trinajstić information content (AvgIpc) is 2.93. The zero-order valence-electron chi connectivity index (χ0n) is 10.8. The van der Waals surface area contributed by atoms with E-state index in [-0.39, 0.29) is 11.9 Å². The van der Waals surface area contributed by atoms with Gasteiger partial charge in [0.2, 0.25) is 5.91 Å². The summed E-state index contributed by atoms with van der Waals surface area (Å²) >= 11 is 0. The number of aromatic nitrogens is 3. The Hall–Kier alpha value is -2.21. The Bertz CT molecular complexity index is 520. The maximum Gasteiger partial charge on any atom is 0.225 e. The summed E-state index contributed by atoms with van der Waals surface area (Å²) in [5, 5.41) is 6.85. The Balaban J connectivity index is 1.97. The summed E-state index contributed by atoms with van der Waals surface area (Å²) in [7, 11) is 0. The predicted molar refractivity (Wildman–Crippen MR) is 72.9 cm³/mol. The maximum absolute atomic E-state index is 11.7. The molecule has 2 aromatic heterocycles. The van der Waals surface area contributed by atoms with Crippen molar-refractivity contribution in [3.63, 3.8) is 0 Å². The SMILES string of the molecule is CCC(N)CC(=O)Nc1ccc(-n2cccn2)nc1. The van der Waals surface area contributed by atoms with Crippen molar-refractivity contribution in [2.45, 2.75) is 25.8 Å². The van der Waals surface area contributed by atoms with Gasteiger partial charge in [-0.3, -0.25) is 4.79 Å². The third-order valence-corrected chi connectivity index (χ3v) is 2.74. The van der Waals surface area contributed by atoms with Crippen LogP contribution in [0, 0.1) is 0 Å². The molecule has 1 amide bonds. The van der Waals surface area contributed by atoms with E-state index in [4.69, 9.17) is 5.73 Å². The third-order valence-electron chi connectivity index (χ3n) is 2.74. The first-order valence-electron chi connectivity index (χ1n) is 6.20. The average molecular weight is 259 g/mol. The van der Waals surface area contributed by atoms with Crippen LogP contribution in [0.15, 0.2) is 36.8 Å². The lowest BCUT2D eigenvalue weighted by Gasteiger charge is -2.09. The highest BCUT2D eigenvalue weighted by Gasteiger charge is 2.08. The summed E-state index contributed by atoms with van der Waals surface area (Å²) in [4.78, 5) is 15.9. The molecule has 3 N–H and O–H groups in total. The van der Waals surface area contributed by atoms with Crippen LogP contribution in [0.3, 0.4) is 0 Å². The van der Waals surface area contributed by atoms with Gasteiger partial charge in [0.15, 0.2) is 5.82 Å². The number of nitrogens with zero attached hydrogens (tertiary/aromatic N) is 3. The lowest BCUT2D eigenvalue weighted by Crippen LogP contribution is -2.26. The van der Waals surface area contributed by atoms with E-state index in [1.807, 2.05) is 13.0 Å². The van der Waals surface area contributed by atoms with E-state index in [9.17, 15) is 4.79 Å². The van der Waals surface area contributed by atoms with Crippen molar-refractivity contribution < 1.29 is 4.79 Å². The Morgan fingerprint density at radius 1 is 1.53 bits per heavy atom. The van der Waals surface area contributed by atoms with Crippen LogP contribution < -0.4 is 11.1 Å². The number of hydrogen-bond donors (Lipinski definition) is 2. The molecule has 6 heteroatoms. The second-order valence-corrected chi connectivity index (χ2v) is 4.28. The number of carbonyl (C=O) groups excluding carboxylic acids is 1. The molecule has 2 rings (SSSR count). The number of hydrogen-bond acceptors (Lipinski definition) is 4. The van der Waals surface area contributed by atoms with Crippen LogP contribution in [-0.4, -0.2) is 26.7 Å². The quantitative estimate of drug-likeness (QED) is 0.848. The van der Waals surface area contributed by atoms with Gasteiger partial charge in [-0.1, -0.05) is 6.92 Å². The maximum atomic E-state index is 11.7. The highest BCUT2D eigenvalue weighted by Crippen LogP contribution is 2.09. The van der Waals surface area contributed by atoms with Gasteiger partial charge in [-0.05, 0) is 24.6 Å². The summed E-state index contributed by atoms with van der Waals surface area (Å²) in [5.41, 5.74) is 6.38. The number of amides is 1. The van der Waals surface area contributed by atoms with E-state index in [2.05, 4.69) is 15.4 Å². The summed E-state index contributed by atoms with van der Waals surface area (Å²) < 4.78 is 1.65. The van der Waals surface area contributed by atoms with Crippen LogP contribution >= 0.6 is 0 Å². The fourth-order valence-electron chi connectivity index (χ4n) is 1.59. The van der Waals surface area contributed by atoms with Gasteiger partial charge in [0, 0.05) is 24.9 Å². The summed E-state index contributed by atoms with van der Waals surface area (Å²) in [6.45, 7) is 1.96. The Labute approximate surface area is 111 Å². The summed E-state index contributed by atoms with van der Waals surface area (Å²) in [6, 6.07) is 5.31. The highest BCUT2D eigenvalue weighted by atomic mass is 16.1. The Morgan fingerprint density at radius 2 is 2.37 bits per heavy atom. The van der Waals surface area contributed by atoms with E-state index in [0.29, 0.717) is 17.9 Å². The van der Waals surface area contributed by atoms with Gasteiger partial charge in [0.05, 0.1) is 11.9 Å². The van der Waals surface area contributed by atoms with Crippen LogP contribution in [0.1, 0.15) is 19.8 Å². The number of nitrogens with one attached hydrogen (secondary N) is 1. The molecular formula is C13H17N5O. The topological polar surface area (TPSA) is 85.8 Å². The minimum atomic E-state index is -0.101. The van der Waals surface area contributed by atoms with Crippen molar-refractivity contribution in [2.24, 2.45) is 5.73 Å². The van der Waals surface area contributed by atoms with Crippen molar-refractivity contribution in [1.82, 2.24) is 14.8 Å². The molecule has 0 fully saturated rings. The van der Waals surface area contributed by atoms with Crippen molar-refractivity contribution >= 4 is 11.6 Å². The zero-order valence-corrected chi connectivity index (χ0v) is 10.8. The first kappa shape index (κ1) is 13.2. The first-order valence-corrected chi connectivity index (χ1v) is 6.20. The highest BCUT2D eigenvalue weighted by molar-refractivity contribution is 5.90. The summed E-state index contributed by atoms with van der Waals surface area (Å²) in [5.74, 6) is 0.608. The molecule has 0 aliphatic rings. The second-order valence-electron chi connectivity index (χ2n) is 4.28. The molecule has 2 heterocycles. The molecule has 19 heavy (non-hydrogen) atoms. The van der Waals surface area contributed by atoms with Gasteiger partial charge >= 0.3 is 0 Å². The molecule has 0 radical (unpaired) electrons. The van der Waals surface area contributed by atoms with Gasteiger partial charge in [-0.2, -0.15) is 5.10 Å². The van der Waals surface area contributed by atoms with Crippen LogP contribution in [0.4, 0.5) is 5.69 Å². The van der Waals surface area contributed by atoms with Crippen LogP contribution in [-0.2, 0) is 4.79 Å². The van der Waals surface area contributed by atoms with Gasteiger partial charge in [-0.15, -0.1) is 0 Å². The number of carbonyl (C=O) groups is 1. The number of rotatable bonds is 5. The first-order chi connectivity index (χ1) is 9.19. The molecular weight excluding hydrogens is 242 g/mol. The van der Waals surface area contributed by atoms with E-state index in [1.165, 1.54) is 0 Å². The van der Waals surface area contributed by atoms with Crippen molar-refractivity contribution in [3.05, 3.63) is 36.8 Å². The van der Waals surface area contributed by atoms with Crippen LogP contribution in [0.25, 0.3) is 5.82 Å². The minimum Gasteiger partial charge on any atom is -0.327 e. The molecule has 2 aromatic rings. The molecule has 0 aliphatic carbocycles. The number of nitrogens with two attached hydrogens (primary N) is 1. The van der Waals surface area contributed by atoms with Crippen molar-refractivity contribution in [1.29, 1.82) is 0 Å². The minimum absolute atomic E-state index is 0.0945. The van der Waals surface area contributed by atoms with Gasteiger partial charge in [0.1, 0.15) is 0 Å². The third kappa shape index (κ3) is 3.62. The van der Waals surface area contributed by atoms with Crippen molar-refractivity contribution in [2.75, 3.05) is 5.32 Å². The van der Waals surface area contributed by atoms with E-state index < -0.39 is 0 Å². The predicted octanol–water partition coefficient (Wildman–Crippen LogP) is 1.33. The molecule has 0 bridgehead atoms. The molecule has 0 aromatic carbocycles. The zero-order chi connectivity index (χ0) is 13.7. The smallest absolute Gasteiger partial charge is 0.225 e. The van der Waals surface area contributed by atoms with Gasteiger partial charge in [0.25, 0.3) is 0 Å². The molecule has 6 nitrogen and oxygen atoms in total. The molecule has 0 saturated heterocycles. The number of anilines is 1. The van der Waals surface area contributed by atoms with E-state index >= 15 is 0 Å². The molecule has 1 unspecified atom stereocenters. The fourth-order valence-corrected chi connectivity index (χ4v) is 1.59. The van der Waals surface area contributed by atoms with Gasteiger partial charge in [-0.25, -0.2) is 9.67 Å². The van der Waals surface area contributed by atoms with Crippen LogP contribution in [0.5, 0.6) is 0 Å². The standard InChI is InChI=1S/C13H17N5O/c1-2-10(14)8-13(19)17-11-4-5-12(15-9-11)18-7-3-6-16-18/h3-7,9-10H,2,8,14H2,1H3,(H,17,19). The largest absolute Gasteiger partial charge is 0.327 e. The molecule has 0 spiro atoms. The normalized spacial score (nSPS) is 12.1. The van der Waals surface area contributed by atoms with Crippen molar-refractivity contribution in [3.8, 4) is 5.82 Å². The van der Waals surface area contributed by atoms with Gasteiger partial charge < -0.3 is 11.1 Å². The fraction of sp³-hybridized carbons (Fsp3) is 0.308. The second kappa shape index (κ2) is 6.10. The van der Waals surface area contributed by atoms with E-state index in [0.717, 1.165) is 6.42 Å². The summed E-state index contributed by atoms with van der Waals surface area (Å²) in [6.07, 6.45) is 6.19. The molecule has 0 aliphatic heterocycles. The lowest BCUT2D eigenvalue weighted by atomic mass is 10.1. The van der Waals surface area contributed by atoms with Crippen LogP contribution in [0.2, 0.25) is 0 Å². The number of pyridine rings is 1. The molecule has 0 saturated carbocycles. The lowest BCUT2D eigenvalue weighted by molar-refractivity contribution is -0.116. The van der Waals surface area contributed by atoms with E-state index in [1.54, 1.807) is 35.4 Å². The Kier molecular flexibility index (Phi) is 4.25. The molecule has 100 valence electrons. The monoisotopic (exact) mass is 259 g/mol. The molecule has 1 atom stereocenters.